The van der Waals surface area contributed by atoms with E-state index in [1.54, 1.807) is 11.4 Å². The molecule has 27 heavy (non-hydrogen) atoms. The van der Waals surface area contributed by atoms with E-state index >= 15 is 0 Å². The summed E-state index contributed by atoms with van der Waals surface area (Å²) in [4.78, 5) is 23.3. The van der Waals surface area contributed by atoms with Crippen molar-refractivity contribution in [2.45, 2.75) is 12.6 Å². The van der Waals surface area contributed by atoms with Crippen molar-refractivity contribution in [2.24, 2.45) is 0 Å². The van der Waals surface area contributed by atoms with Crippen LogP contribution in [0.1, 0.15) is 5.56 Å². The van der Waals surface area contributed by atoms with Gasteiger partial charge in [-0.2, -0.15) is 13.2 Å². The highest BCUT2D eigenvalue weighted by Gasteiger charge is 2.27. The number of carbonyl (C=O) groups excluding carboxylic acids is 2. The Hall–Kier alpha value is -3.10. The zero-order valence-corrected chi connectivity index (χ0v) is 14.0. The fraction of sp³-hybridized carbons (Fsp3) is 0.222. The van der Waals surface area contributed by atoms with Crippen molar-refractivity contribution in [3.63, 3.8) is 0 Å². The Balaban J connectivity index is 1.80. The molecule has 0 saturated carbocycles. The quantitative estimate of drug-likeness (QED) is 0.721. The van der Waals surface area contributed by atoms with Crippen molar-refractivity contribution < 1.29 is 31.9 Å². The summed E-state index contributed by atoms with van der Waals surface area (Å²) in [6.07, 6.45) is -4.69. The number of halogens is 4. The molecule has 0 fully saturated rings. The number of nitrogens with one attached hydrogen (secondary N) is 2. The SMILES string of the molecule is O=C(Cc1ccc(NC(=O)COc2ccccc2F)cc1)NCC(F)(F)F. The average Bonchev–Trinajstić information content (AvgIpc) is 2.60. The van der Waals surface area contributed by atoms with Gasteiger partial charge in [0, 0.05) is 5.69 Å². The third-order valence-electron chi connectivity index (χ3n) is 3.28. The first-order valence-electron chi connectivity index (χ1n) is 7.82. The van der Waals surface area contributed by atoms with Gasteiger partial charge in [0.25, 0.3) is 5.91 Å². The van der Waals surface area contributed by atoms with E-state index in [-0.39, 0.29) is 12.2 Å². The molecule has 2 aromatic rings. The molecule has 5 nitrogen and oxygen atoms in total. The minimum atomic E-state index is -4.46. The van der Waals surface area contributed by atoms with Crippen molar-refractivity contribution in [3.8, 4) is 5.75 Å². The second kappa shape index (κ2) is 9.02. The van der Waals surface area contributed by atoms with Crippen LogP contribution in [0.5, 0.6) is 5.75 Å². The molecule has 2 rings (SSSR count). The molecule has 0 aliphatic heterocycles. The van der Waals surface area contributed by atoms with Gasteiger partial charge in [-0.1, -0.05) is 24.3 Å². The molecule has 0 spiro atoms. The van der Waals surface area contributed by atoms with Crippen molar-refractivity contribution in [1.82, 2.24) is 5.32 Å². The predicted octanol–water partition coefficient (Wildman–Crippen LogP) is 3.06. The van der Waals surface area contributed by atoms with Crippen molar-refractivity contribution in [1.29, 1.82) is 0 Å². The van der Waals surface area contributed by atoms with E-state index in [4.69, 9.17) is 4.74 Å². The molecule has 0 heterocycles. The number of amides is 2. The van der Waals surface area contributed by atoms with Gasteiger partial charge in [0.1, 0.15) is 6.54 Å². The first kappa shape index (κ1) is 20.2. The lowest BCUT2D eigenvalue weighted by atomic mass is 10.1. The van der Waals surface area contributed by atoms with Crippen LogP contribution in [-0.4, -0.2) is 31.1 Å². The van der Waals surface area contributed by atoms with E-state index in [9.17, 15) is 27.2 Å². The van der Waals surface area contributed by atoms with Crippen LogP contribution in [-0.2, 0) is 16.0 Å². The minimum Gasteiger partial charge on any atom is -0.481 e. The van der Waals surface area contributed by atoms with E-state index in [1.165, 1.54) is 42.5 Å². The first-order chi connectivity index (χ1) is 12.7. The number of alkyl halides is 3. The second-order valence-corrected chi connectivity index (χ2v) is 5.53. The van der Waals surface area contributed by atoms with Crippen LogP contribution in [0.4, 0.5) is 23.2 Å². The summed E-state index contributed by atoms with van der Waals surface area (Å²) in [7, 11) is 0. The smallest absolute Gasteiger partial charge is 0.405 e. The Morgan fingerprint density at radius 3 is 2.26 bits per heavy atom. The number of hydrogen-bond acceptors (Lipinski definition) is 3. The zero-order chi connectivity index (χ0) is 19.9. The Morgan fingerprint density at radius 2 is 1.63 bits per heavy atom. The summed E-state index contributed by atoms with van der Waals surface area (Å²) in [5.74, 6) is -1.91. The molecule has 9 heteroatoms. The van der Waals surface area contributed by atoms with Gasteiger partial charge in [0.2, 0.25) is 5.91 Å². The van der Waals surface area contributed by atoms with Crippen molar-refractivity contribution in [2.75, 3.05) is 18.5 Å². The van der Waals surface area contributed by atoms with Gasteiger partial charge in [0.05, 0.1) is 6.42 Å². The molecule has 0 aliphatic rings. The number of benzene rings is 2. The monoisotopic (exact) mass is 384 g/mol. The number of ether oxygens (including phenoxy) is 1. The molecule has 0 bridgehead atoms. The molecule has 0 saturated heterocycles. The third kappa shape index (κ3) is 7.35. The number of anilines is 1. The van der Waals surface area contributed by atoms with Gasteiger partial charge < -0.3 is 15.4 Å². The Kier molecular flexibility index (Phi) is 6.75. The predicted molar refractivity (Wildman–Crippen MR) is 89.7 cm³/mol. The van der Waals surface area contributed by atoms with E-state index in [0.717, 1.165) is 0 Å². The van der Waals surface area contributed by atoms with E-state index in [0.29, 0.717) is 11.3 Å². The summed E-state index contributed by atoms with van der Waals surface area (Å²) in [5, 5.41) is 4.30. The van der Waals surface area contributed by atoms with Crippen LogP contribution < -0.4 is 15.4 Å². The van der Waals surface area contributed by atoms with Gasteiger partial charge in [-0.15, -0.1) is 0 Å². The highest BCUT2D eigenvalue weighted by molar-refractivity contribution is 5.92. The molecule has 2 N–H and O–H groups in total. The molecule has 0 atom stereocenters. The van der Waals surface area contributed by atoms with Crippen molar-refractivity contribution >= 4 is 17.5 Å². The van der Waals surface area contributed by atoms with Gasteiger partial charge in [0.15, 0.2) is 18.2 Å². The van der Waals surface area contributed by atoms with E-state index in [1.807, 2.05) is 0 Å². The van der Waals surface area contributed by atoms with Gasteiger partial charge in [-0.05, 0) is 29.8 Å². The van der Waals surface area contributed by atoms with Crippen LogP contribution in [0.25, 0.3) is 0 Å². The summed E-state index contributed by atoms with van der Waals surface area (Å²) >= 11 is 0. The molecule has 2 aromatic carbocycles. The minimum absolute atomic E-state index is 0.0483. The maximum Gasteiger partial charge on any atom is 0.405 e. The molecule has 0 aromatic heterocycles. The van der Waals surface area contributed by atoms with Crippen LogP contribution in [0.2, 0.25) is 0 Å². The second-order valence-electron chi connectivity index (χ2n) is 5.53. The van der Waals surface area contributed by atoms with Crippen LogP contribution >= 0.6 is 0 Å². The fourth-order valence-electron chi connectivity index (χ4n) is 2.05. The Bertz CT molecular complexity index is 792. The number of hydrogen-bond donors (Lipinski definition) is 2. The van der Waals surface area contributed by atoms with Gasteiger partial charge in [-0.25, -0.2) is 4.39 Å². The summed E-state index contributed by atoms with van der Waals surface area (Å²) in [6.45, 7) is -1.79. The standard InChI is InChI=1S/C18H16F4N2O3/c19-14-3-1-2-4-15(14)27-10-17(26)24-13-7-5-12(6-8-13)9-16(25)23-11-18(20,21)22/h1-8H,9-11H2,(H,23,25)(H,24,26). The van der Waals surface area contributed by atoms with E-state index in [2.05, 4.69) is 5.32 Å². The maximum absolute atomic E-state index is 13.4. The highest BCUT2D eigenvalue weighted by Crippen LogP contribution is 2.16. The molecule has 0 unspecified atom stereocenters. The molecule has 2 amide bonds. The topological polar surface area (TPSA) is 67.4 Å². The third-order valence-corrected chi connectivity index (χ3v) is 3.28. The Morgan fingerprint density at radius 1 is 0.963 bits per heavy atom. The lowest BCUT2D eigenvalue weighted by molar-refractivity contribution is -0.138. The van der Waals surface area contributed by atoms with Crippen molar-refractivity contribution in [3.05, 3.63) is 59.9 Å². The molecular formula is C18H16F4N2O3. The van der Waals surface area contributed by atoms with E-state index < -0.39 is 37.0 Å². The lowest BCUT2D eigenvalue weighted by Crippen LogP contribution is -2.34. The molecular weight excluding hydrogens is 368 g/mol. The number of carbonyl (C=O) groups is 2. The van der Waals surface area contributed by atoms with Gasteiger partial charge >= 0.3 is 6.18 Å². The van der Waals surface area contributed by atoms with Crippen LogP contribution in [0, 0.1) is 5.82 Å². The number of para-hydroxylation sites is 1. The highest BCUT2D eigenvalue weighted by atomic mass is 19.4. The average molecular weight is 384 g/mol. The van der Waals surface area contributed by atoms with Gasteiger partial charge in [-0.3, -0.25) is 9.59 Å². The largest absolute Gasteiger partial charge is 0.481 e. The normalized spacial score (nSPS) is 11.0. The molecule has 0 aliphatic carbocycles. The summed E-state index contributed by atoms with van der Waals surface area (Å²) < 4.78 is 54.6. The van der Waals surface area contributed by atoms with Crippen LogP contribution in [0.3, 0.4) is 0 Å². The first-order valence-corrected chi connectivity index (χ1v) is 7.82. The molecule has 0 radical (unpaired) electrons. The van der Waals surface area contributed by atoms with Crippen LogP contribution in [0.15, 0.2) is 48.5 Å². The maximum atomic E-state index is 13.4. The number of rotatable bonds is 7. The summed E-state index contributed by atoms with van der Waals surface area (Å²) in [5.41, 5.74) is 0.881. The Labute approximate surface area is 152 Å². The summed E-state index contributed by atoms with van der Waals surface area (Å²) in [6, 6.07) is 11.6. The zero-order valence-electron chi connectivity index (χ0n) is 14.0. The lowest BCUT2D eigenvalue weighted by Gasteiger charge is -2.10. The molecule has 144 valence electrons. The fourth-order valence-corrected chi connectivity index (χ4v) is 2.05.